The zero-order valence-electron chi connectivity index (χ0n) is 9.43. The lowest BCUT2D eigenvalue weighted by molar-refractivity contribution is 0.0549. The number of nitrogens with two attached hydrogens (primary N) is 1. The monoisotopic (exact) mass is 235 g/mol. The molecular weight excluding hydrogens is 222 g/mol. The van der Waals surface area contributed by atoms with E-state index in [0.717, 1.165) is 0 Å². The van der Waals surface area contributed by atoms with E-state index in [4.69, 9.17) is 10.5 Å². The summed E-state index contributed by atoms with van der Waals surface area (Å²) in [6, 6.07) is 4.22. The summed E-state index contributed by atoms with van der Waals surface area (Å²) < 4.78 is 9.38. The smallest absolute Gasteiger partial charge is 0.338 e. The Hall–Kier alpha value is -2.30. The first-order chi connectivity index (χ1) is 8.08. The third kappa shape index (κ3) is 3.34. The van der Waals surface area contributed by atoms with E-state index in [2.05, 4.69) is 11.3 Å². The number of esters is 2. The zero-order chi connectivity index (χ0) is 12.8. The molecule has 1 rings (SSSR count). The molecule has 0 fully saturated rings. The van der Waals surface area contributed by atoms with E-state index in [1.807, 2.05) is 0 Å². The predicted octanol–water partition coefficient (Wildman–Crippen LogP) is 1.40. The second kappa shape index (κ2) is 5.69. The molecule has 0 aromatic heterocycles. The van der Waals surface area contributed by atoms with E-state index in [1.165, 1.54) is 31.4 Å². The van der Waals surface area contributed by atoms with E-state index in [-0.39, 0.29) is 17.7 Å². The number of ether oxygens (including phenoxy) is 2. The van der Waals surface area contributed by atoms with E-state index < -0.39 is 11.9 Å². The molecule has 1 aromatic carbocycles. The number of anilines is 1. The van der Waals surface area contributed by atoms with E-state index in [9.17, 15) is 9.59 Å². The van der Waals surface area contributed by atoms with Gasteiger partial charge in [-0.1, -0.05) is 12.7 Å². The molecule has 90 valence electrons. The first kappa shape index (κ1) is 12.8. The maximum Gasteiger partial charge on any atom is 0.338 e. The topological polar surface area (TPSA) is 78.6 Å². The molecular formula is C12H13NO4. The minimum absolute atomic E-state index is 0.0984. The van der Waals surface area contributed by atoms with Crippen molar-refractivity contribution < 1.29 is 19.1 Å². The highest BCUT2D eigenvalue weighted by Crippen LogP contribution is 2.14. The average Bonchev–Trinajstić information content (AvgIpc) is 2.34. The van der Waals surface area contributed by atoms with Crippen molar-refractivity contribution >= 4 is 17.6 Å². The van der Waals surface area contributed by atoms with Crippen LogP contribution < -0.4 is 5.73 Å². The van der Waals surface area contributed by atoms with Gasteiger partial charge in [0.05, 0.1) is 18.2 Å². The molecule has 0 aliphatic carbocycles. The van der Waals surface area contributed by atoms with Gasteiger partial charge in [-0.05, 0) is 18.2 Å². The summed E-state index contributed by atoms with van der Waals surface area (Å²) in [5.74, 6) is -1.13. The molecule has 0 atom stereocenters. The Morgan fingerprint density at radius 1 is 1.29 bits per heavy atom. The van der Waals surface area contributed by atoms with Gasteiger partial charge in [0.2, 0.25) is 0 Å². The van der Waals surface area contributed by atoms with Gasteiger partial charge in [-0.25, -0.2) is 9.59 Å². The van der Waals surface area contributed by atoms with Crippen LogP contribution >= 0.6 is 0 Å². The Bertz CT molecular complexity index is 454. The van der Waals surface area contributed by atoms with Crippen molar-refractivity contribution in [2.75, 3.05) is 19.5 Å². The summed E-state index contributed by atoms with van der Waals surface area (Å²) in [7, 11) is 1.25. The summed E-state index contributed by atoms with van der Waals surface area (Å²) >= 11 is 0. The summed E-state index contributed by atoms with van der Waals surface area (Å²) in [5.41, 5.74) is 6.28. The van der Waals surface area contributed by atoms with E-state index in [1.54, 1.807) is 0 Å². The zero-order valence-corrected chi connectivity index (χ0v) is 9.43. The fourth-order valence-corrected chi connectivity index (χ4v) is 1.22. The molecule has 0 aliphatic heterocycles. The Morgan fingerprint density at radius 3 is 2.41 bits per heavy atom. The molecule has 17 heavy (non-hydrogen) atoms. The summed E-state index contributed by atoms with van der Waals surface area (Å²) in [5, 5.41) is 0. The third-order valence-corrected chi connectivity index (χ3v) is 1.94. The molecule has 0 saturated carbocycles. The number of hydrogen-bond acceptors (Lipinski definition) is 5. The molecule has 2 N–H and O–H groups in total. The van der Waals surface area contributed by atoms with Gasteiger partial charge in [-0.15, -0.1) is 0 Å². The Labute approximate surface area is 98.8 Å². The highest BCUT2D eigenvalue weighted by atomic mass is 16.5. The minimum Gasteiger partial charge on any atom is -0.465 e. The fourth-order valence-electron chi connectivity index (χ4n) is 1.22. The van der Waals surface area contributed by atoms with Crippen LogP contribution in [0.5, 0.6) is 0 Å². The Balaban J connectivity index is 3.00. The molecule has 5 heteroatoms. The standard InChI is InChI=1S/C12H13NO4/c1-3-4-17-12(15)9-5-8(11(14)16-2)6-10(13)7-9/h3,5-7H,1,4,13H2,2H3. The third-order valence-electron chi connectivity index (χ3n) is 1.94. The number of rotatable bonds is 4. The number of nitrogen functional groups attached to an aromatic ring is 1. The number of carbonyl (C=O) groups excluding carboxylic acids is 2. The van der Waals surface area contributed by atoms with Crippen molar-refractivity contribution in [1.29, 1.82) is 0 Å². The van der Waals surface area contributed by atoms with Gasteiger partial charge in [-0.3, -0.25) is 0 Å². The highest BCUT2D eigenvalue weighted by molar-refractivity contribution is 5.96. The van der Waals surface area contributed by atoms with Crippen LogP contribution in [-0.4, -0.2) is 25.7 Å². The van der Waals surface area contributed by atoms with Crippen molar-refractivity contribution in [3.63, 3.8) is 0 Å². The molecule has 0 heterocycles. The normalized spacial score (nSPS) is 9.47. The molecule has 0 unspecified atom stereocenters. The molecule has 0 amide bonds. The van der Waals surface area contributed by atoms with Crippen LogP contribution in [0, 0.1) is 0 Å². The Kier molecular flexibility index (Phi) is 4.28. The highest BCUT2D eigenvalue weighted by Gasteiger charge is 2.13. The lowest BCUT2D eigenvalue weighted by Gasteiger charge is -2.05. The number of carbonyl (C=O) groups is 2. The van der Waals surface area contributed by atoms with E-state index in [0.29, 0.717) is 5.69 Å². The summed E-state index contributed by atoms with van der Waals surface area (Å²) in [6.07, 6.45) is 1.45. The predicted molar refractivity (Wildman–Crippen MR) is 62.7 cm³/mol. The molecule has 0 saturated heterocycles. The molecule has 0 aliphatic rings. The van der Waals surface area contributed by atoms with Gasteiger partial charge < -0.3 is 15.2 Å². The van der Waals surface area contributed by atoms with Crippen LogP contribution in [0.1, 0.15) is 20.7 Å². The average molecular weight is 235 g/mol. The fraction of sp³-hybridized carbons (Fsp3) is 0.167. The quantitative estimate of drug-likeness (QED) is 0.484. The van der Waals surface area contributed by atoms with Crippen LogP contribution in [0.15, 0.2) is 30.9 Å². The van der Waals surface area contributed by atoms with Crippen molar-refractivity contribution in [2.24, 2.45) is 0 Å². The molecule has 5 nitrogen and oxygen atoms in total. The van der Waals surface area contributed by atoms with Crippen LogP contribution in [-0.2, 0) is 9.47 Å². The van der Waals surface area contributed by atoms with Crippen molar-refractivity contribution in [2.45, 2.75) is 0 Å². The molecule has 1 aromatic rings. The summed E-state index contributed by atoms with van der Waals surface area (Å²) in [4.78, 5) is 22.8. The van der Waals surface area contributed by atoms with Gasteiger partial charge in [-0.2, -0.15) is 0 Å². The largest absolute Gasteiger partial charge is 0.465 e. The van der Waals surface area contributed by atoms with Crippen molar-refractivity contribution in [1.82, 2.24) is 0 Å². The van der Waals surface area contributed by atoms with Gasteiger partial charge in [0.25, 0.3) is 0 Å². The van der Waals surface area contributed by atoms with Gasteiger partial charge >= 0.3 is 11.9 Å². The number of hydrogen-bond donors (Lipinski definition) is 1. The first-order valence-electron chi connectivity index (χ1n) is 4.85. The van der Waals surface area contributed by atoms with Crippen LogP contribution in [0.4, 0.5) is 5.69 Å². The number of benzene rings is 1. The lowest BCUT2D eigenvalue weighted by atomic mass is 10.1. The molecule has 0 radical (unpaired) electrons. The van der Waals surface area contributed by atoms with Crippen LogP contribution in [0.25, 0.3) is 0 Å². The van der Waals surface area contributed by atoms with Crippen LogP contribution in [0.3, 0.4) is 0 Å². The summed E-state index contributed by atoms with van der Waals surface area (Å²) in [6.45, 7) is 3.53. The Morgan fingerprint density at radius 2 is 1.88 bits per heavy atom. The SMILES string of the molecule is C=CCOC(=O)c1cc(N)cc(C(=O)OC)c1. The van der Waals surface area contributed by atoms with Gasteiger partial charge in [0.1, 0.15) is 6.61 Å². The maximum atomic E-state index is 11.5. The van der Waals surface area contributed by atoms with Crippen LogP contribution in [0.2, 0.25) is 0 Å². The van der Waals surface area contributed by atoms with Gasteiger partial charge in [0, 0.05) is 5.69 Å². The molecule has 0 bridgehead atoms. The molecule has 0 spiro atoms. The second-order valence-electron chi connectivity index (χ2n) is 3.22. The van der Waals surface area contributed by atoms with Gasteiger partial charge in [0.15, 0.2) is 0 Å². The number of methoxy groups -OCH3 is 1. The second-order valence-corrected chi connectivity index (χ2v) is 3.22. The van der Waals surface area contributed by atoms with Crippen molar-refractivity contribution in [3.8, 4) is 0 Å². The van der Waals surface area contributed by atoms with E-state index >= 15 is 0 Å². The maximum absolute atomic E-state index is 11.5. The lowest BCUT2D eigenvalue weighted by Crippen LogP contribution is -2.09. The minimum atomic E-state index is -0.567. The first-order valence-corrected chi connectivity index (χ1v) is 4.85. The van der Waals surface area contributed by atoms with Crippen molar-refractivity contribution in [3.05, 3.63) is 42.0 Å².